The molecule has 1 heterocycles. The lowest BCUT2D eigenvalue weighted by atomic mass is 9.83. The fourth-order valence-electron chi connectivity index (χ4n) is 2.17. The molecule has 5 heteroatoms. The SMILES string of the molecule is NC1(C#Cc2ccc(F)c(C=NO)n2)CCCCC1. The van der Waals surface area contributed by atoms with Gasteiger partial charge >= 0.3 is 0 Å². The molecule has 1 fully saturated rings. The molecule has 19 heavy (non-hydrogen) atoms. The number of nitrogens with two attached hydrogens (primary N) is 1. The van der Waals surface area contributed by atoms with E-state index in [0.717, 1.165) is 31.9 Å². The van der Waals surface area contributed by atoms with Crippen molar-refractivity contribution in [2.75, 3.05) is 0 Å². The van der Waals surface area contributed by atoms with Crippen molar-refractivity contribution >= 4 is 6.21 Å². The zero-order chi connectivity index (χ0) is 13.7. The highest BCUT2D eigenvalue weighted by Crippen LogP contribution is 2.25. The lowest BCUT2D eigenvalue weighted by Gasteiger charge is -2.27. The number of aromatic nitrogens is 1. The molecule has 0 saturated heterocycles. The molecule has 0 amide bonds. The van der Waals surface area contributed by atoms with Gasteiger partial charge in [-0.25, -0.2) is 9.37 Å². The first kappa shape index (κ1) is 13.5. The van der Waals surface area contributed by atoms with E-state index in [9.17, 15) is 4.39 Å². The molecule has 1 saturated carbocycles. The topological polar surface area (TPSA) is 71.5 Å². The van der Waals surface area contributed by atoms with Gasteiger partial charge in [-0.1, -0.05) is 30.3 Å². The third-order valence-corrected chi connectivity index (χ3v) is 3.24. The number of hydrogen-bond acceptors (Lipinski definition) is 4. The second-order valence-electron chi connectivity index (χ2n) is 4.77. The number of rotatable bonds is 1. The van der Waals surface area contributed by atoms with Crippen LogP contribution in [0, 0.1) is 17.7 Å². The molecule has 1 aromatic heterocycles. The molecule has 0 bridgehead atoms. The van der Waals surface area contributed by atoms with E-state index in [4.69, 9.17) is 10.9 Å². The van der Waals surface area contributed by atoms with E-state index in [0.29, 0.717) is 5.69 Å². The molecule has 100 valence electrons. The minimum absolute atomic E-state index is 0.0379. The predicted octanol–water partition coefficient (Wildman–Crippen LogP) is 2.04. The smallest absolute Gasteiger partial charge is 0.150 e. The summed E-state index contributed by atoms with van der Waals surface area (Å²) in [5.41, 5.74) is 6.12. The third-order valence-electron chi connectivity index (χ3n) is 3.24. The van der Waals surface area contributed by atoms with Crippen LogP contribution in [0.4, 0.5) is 4.39 Å². The van der Waals surface area contributed by atoms with Crippen LogP contribution >= 0.6 is 0 Å². The van der Waals surface area contributed by atoms with E-state index in [1.807, 2.05) is 0 Å². The Hall–Kier alpha value is -1.93. The van der Waals surface area contributed by atoms with Gasteiger partial charge in [0.2, 0.25) is 0 Å². The summed E-state index contributed by atoms with van der Waals surface area (Å²) < 4.78 is 13.3. The predicted molar refractivity (Wildman–Crippen MR) is 70.5 cm³/mol. The standard InChI is InChI=1S/C14H16FN3O/c15-12-5-4-11(18-13(12)10-17-19)6-9-14(16)7-2-1-3-8-14/h4-5,10,19H,1-3,7-8,16H2. The molecule has 0 radical (unpaired) electrons. The molecule has 1 aliphatic carbocycles. The van der Waals surface area contributed by atoms with Crippen molar-refractivity contribution in [3.8, 4) is 11.8 Å². The van der Waals surface area contributed by atoms with Crippen molar-refractivity contribution in [3.05, 3.63) is 29.3 Å². The van der Waals surface area contributed by atoms with Gasteiger partial charge in [0.15, 0.2) is 5.82 Å². The number of oxime groups is 1. The molecule has 0 unspecified atom stereocenters. The maximum atomic E-state index is 13.3. The van der Waals surface area contributed by atoms with Gasteiger partial charge in [-0.2, -0.15) is 0 Å². The van der Waals surface area contributed by atoms with Gasteiger partial charge in [0.05, 0.1) is 11.8 Å². The van der Waals surface area contributed by atoms with E-state index in [-0.39, 0.29) is 5.69 Å². The van der Waals surface area contributed by atoms with Crippen molar-refractivity contribution in [3.63, 3.8) is 0 Å². The maximum absolute atomic E-state index is 13.3. The van der Waals surface area contributed by atoms with Crippen molar-refractivity contribution < 1.29 is 9.60 Å². The first-order valence-electron chi connectivity index (χ1n) is 6.29. The minimum Gasteiger partial charge on any atom is -0.411 e. The third kappa shape index (κ3) is 3.52. The Morgan fingerprint density at radius 3 is 2.79 bits per heavy atom. The van der Waals surface area contributed by atoms with Crippen LogP contribution in [-0.2, 0) is 0 Å². The van der Waals surface area contributed by atoms with Crippen molar-refractivity contribution in [2.24, 2.45) is 10.9 Å². The molecule has 0 spiro atoms. The maximum Gasteiger partial charge on any atom is 0.150 e. The Kier molecular flexibility index (Phi) is 4.13. The molecule has 4 nitrogen and oxygen atoms in total. The van der Waals surface area contributed by atoms with Crippen LogP contribution in [0.25, 0.3) is 0 Å². The first-order valence-corrected chi connectivity index (χ1v) is 6.29. The van der Waals surface area contributed by atoms with Gasteiger partial charge in [0.1, 0.15) is 11.4 Å². The molecule has 1 aliphatic rings. The molecule has 0 atom stereocenters. The summed E-state index contributed by atoms with van der Waals surface area (Å²) in [7, 11) is 0. The summed E-state index contributed by atoms with van der Waals surface area (Å²) in [5.74, 6) is 5.37. The molecule has 2 rings (SSSR count). The van der Waals surface area contributed by atoms with Crippen molar-refractivity contribution in [2.45, 2.75) is 37.6 Å². The minimum atomic E-state index is -0.552. The van der Waals surface area contributed by atoms with Crippen LogP contribution in [0.2, 0.25) is 0 Å². The lowest BCUT2D eigenvalue weighted by molar-refractivity contribution is 0.321. The van der Waals surface area contributed by atoms with Gasteiger partial charge in [0.25, 0.3) is 0 Å². The molecule has 1 aromatic rings. The van der Waals surface area contributed by atoms with Crippen molar-refractivity contribution in [1.29, 1.82) is 0 Å². The molecular weight excluding hydrogens is 245 g/mol. The highest BCUT2D eigenvalue weighted by Gasteiger charge is 2.24. The van der Waals surface area contributed by atoms with E-state index >= 15 is 0 Å². The summed E-state index contributed by atoms with van der Waals surface area (Å²) in [6, 6.07) is 2.74. The van der Waals surface area contributed by atoms with E-state index < -0.39 is 11.4 Å². The van der Waals surface area contributed by atoms with Crippen LogP contribution in [0.5, 0.6) is 0 Å². The lowest BCUT2D eigenvalue weighted by Crippen LogP contribution is -2.40. The number of nitrogens with zero attached hydrogens (tertiary/aromatic N) is 2. The highest BCUT2D eigenvalue weighted by atomic mass is 19.1. The zero-order valence-electron chi connectivity index (χ0n) is 10.6. The Bertz CT molecular complexity index is 539. The van der Waals surface area contributed by atoms with Crippen LogP contribution in [0.15, 0.2) is 17.3 Å². The van der Waals surface area contributed by atoms with E-state index in [1.54, 1.807) is 0 Å². The second kappa shape index (κ2) is 5.81. The van der Waals surface area contributed by atoms with Gasteiger partial charge in [0, 0.05) is 0 Å². The summed E-state index contributed by atoms with van der Waals surface area (Å²) in [4.78, 5) is 3.96. The van der Waals surface area contributed by atoms with Crippen LogP contribution in [-0.4, -0.2) is 21.9 Å². The monoisotopic (exact) mass is 261 g/mol. The summed E-state index contributed by atoms with van der Waals surface area (Å²) in [6.07, 6.45) is 6.08. The van der Waals surface area contributed by atoms with E-state index in [2.05, 4.69) is 22.0 Å². The quantitative estimate of drug-likeness (QED) is 0.352. The number of halogens is 1. The fraction of sp³-hybridized carbons (Fsp3) is 0.429. The molecule has 3 N–H and O–H groups in total. The summed E-state index contributed by atoms with van der Waals surface area (Å²) >= 11 is 0. The second-order valence-corrected chi connectivity index (χ2v) is 4.77. The summed E-state index contributed by atoms with van der Waals surface area (Å²) in [6.45, 7) is 0. The Morgan fingerprint density at radius 1 is 1.37 bits per heavy atom. The van der Waals surface area contributed by atoms with Crippen LogP contribution in [0.3, 0.4) is 0 Å². The largest absolute Gasteiger partial charge is 0.411 e. The van der Waals surface area contributed by atoms with Gasteiger partial charge in [-0.3, -0.25) is 0 Å². The van der Waals surface area contributed by atoms with Gasteiger partial charge in [-0.15, -0.1) is 0 Å². The van der Waals surface area contributed by atoms with E-state index in [1.165, 1.54) is 18.6 Å². The van der Waals surface area contributed by atoms with Crippen LogP contribution < -0.4 is 5.73 Å². The average molecular weight is 261 g/mol. The van der Waals surface area contributed by atoms with Gasteiger partial charge < -0.3 is 10.9 Å². The number of pyridine rings is 1. The highest BCUT2D eigenvalue weighted by molar-refractivity contribution is 5.76. The molecule has 0 aromatic carbocycles. The molecule has 0 aliphatic heterocycles. The summed E-state index contributed by atoms with van der Waals surface area (Å²) in [5, 5.41) is 11.2. The first-order chi connectivity index (χ1) is 9.13. The van der Waals surface area contributed by atoms with Crippen molar-refractivity contribution in [1.82, 2.24) is 4.98 Å². The number of hydrogen-bond donors (Lipinski definition) is 2. The normalized spacial score (nSPS) is 18.0. The van der Waals surface area contributed by atoms with Crippen LogP contribution in [0.1, 0.15) is 43.5 Å². The molecular formula is C14H16FN3O. The fourth-order valence-corrected chi connectivity index (χ4v) is 2.17. The Morgan fingerprint density at radius 2 is 2.11 bits per heavy atom. The Balaban J connectivity index is 2.22. The Labute approximate surface area is 111 Å². The van der Waals surface area contributed by atoms with Gasteiger partial charge in [-0.05, 0) is 30.9 Å². The zero-order valence-corrected chi connectivity index (χ0v) is 10.6. The average Bonchev–Trinajstić information content (AvgIpc) is 2.41.